The first-order valence-electron chi connectivity index (χ1n) is 9.42. The Bertz CT molecular complexity index is 553. The van der Waals surface area contributed by atoms with Gasteiger partial charge in [-0.3, -0.25) is 0 Å². The first-order valence-corrected chi connectivity index (χ1v) is 9.42. The molecule has 0 aliphatic carbocycles. The molecule has 2 aromatic carbocycles. The monoisotopic (exact) mass is 324 g/mol. The summed E-state index contributed by atoms with van der Waals surface area (Å²) in [6, 6.07) is 17.6. The Labute approximate surface area is 150 Å². The molecular weight excluding hydrogens is 288 g/mol. The predicted molar refractivity (Wildman–Crippen MR) is 109 cm³/mol. The smallest absolute Gasteiger partial charge is 0.0216 e. The van der Waals surface area contributed by atoms with E-state index in [1.807, 2.05) is 0 Å². The van der Waals surface area contributed by atoms with Crippen LogP contribution in [0, 0.1) is 0 Å². The molecule has 24 heavy (non-hydrogen) atoms. The van der Waals surface area contributed by atoms with Gasteiger partial charge in [-0.1, -0.05) is 104 Å². The minimum Gasteiger partial charge on any atom is -0.0620 e. The van der Waals surface area contributed by atoms with E-state index in [0.29, 0.717) is 23.7 Å². The molecule has 0 radical (unpaired) electrons. The molecular formula is C24H36. The highest BCUT2D eigenvalue weighted by molar-refractivity contribution is 5.32. The van der Waals surface area contributed by atoms with E-state index in [1.54, 1.807) is 0 Å². The van der Waals surface area contributed by atoms with Crippen LogP contribution in [-0.2, 0) is 0 Å². The van der Waals surface area contributed by atoms with Crippen molar-refractivity contribution in [1.82, 2.24) is 0 Å². The first kappa shape index (κ1) is 20.5. The van der Waals surface area contributed by atoms with E-state index in [2.05, 4.69) is 104 Å². The zero-order valence-electron chi connectivity index (χ0n) is 16.9. The maximum Gasteiger partial charge on any atom is -0.0216 e. The highest BCUT2D eigenvalue weighted by Gasteiger charge is 2.07. The minimum atomic E-state index is 0.642. The fraction of sp³-hybridized carbons (Fsp3) is 0.500. The number of rotatable bonds is 4. The summed E-state index contributed by atoms with van der Waals surface area (Å²) in [6.07, 6.45) is 0. The van der Waals surface area contributed by atoms with Crippen LogP contribution in [0.2, 0.25) is 0 Å². The molecule has 0 amide bonds. The summed E-state index contributed by atoms with van der Waals surface area (Å²) in [6.45, 7) is 17.9. The molecule has 0 atom stereocenters. The topological polar surface area (TPSA) is 0 Å². The van der Waals surface area contributed by atoms with Gasteiger partial charge in [0.1, 0.15) is 0 Å². The van der Waals surface area contributed by atoms with Gasteiger partial charge in [0.2, 0.25) is 0 Å². The highest BCUT2D eigenvalue weighted by Crippen LogP contribution is 2.25. The predicted octanol–water partition coefficient (Wildman–Crippen LogP) is 7.87. The largest absolute Gasteiger partial charge is 0.0620 e. The molecule has 0 heteroatoms. The lowest BCUT2D eigenvalue weighted by molar-refractivity contribution is 0.790. The van der Waals surface area contributed by atoms with Gasteiger partial charge >= 0.3 is 0 Å². The van der Waals surface area contributed by atoms with E-state index in [-0.39, 0.29) is 0 Å². The van der Waals surface area contributed by atoms with Crippen molar-refractivity contribution in [1.29, 1.82) is 0 Å². The van der Waals surface area contributed by atoms with Gasteiger partial charge in [-0.2, -0.15) is 0 Å². The molecule has 0 aliphatic rings. The van der Waals surface area contributed by atoms with Gasteiger partial charge in [-0.15, -0.1) is 0 Å². The van der Waals surface area contributed by atoms with Crippen LogP contribution in [0.25, 0.3) is 0 Å². The van der Waals surface area contributed by atoms with Gasteiger partial charge in [0, 0.05) is 0 Å². The summed E-state index contributed by atoms with van der Waals surface area (Å²) < 4.78 is 0. The van der Waals surface area contributed by atoms with Gasteiger partial charge in [0.05, 0.1) is 0 Å². The average molecular weight is 325 g/mol. The SMILES string of the molecule is CC(C)c1cccc(C(C)C)c1.CC(C)c1ccccc1C(C)C. The quantitative estimate of drug-likeness (QED) is 0.536. The van der Waals surface area contributed by atoms with Crippen LogP contribution in [-0.4, -0.2) is 0 Å². The molecule has 0 heterocycles. The lowest BCUT2D eigenvalue weighted by Crippen LogP contribution is -1.97. The molecule has 2 aromatic rings. The van der Waals surface area contributed by atoms with Gasteiger partial charge in [-0.25, -0.2) is 0 Å². The maximum absolute atomic E-state index is 2.31. The summed E-state index contributed by atoms with van der Waals surface area (Å²) in [4.78, 5) is 0. The van der Waals surface area contributed by atoms with Crippen molar-refractivity contribution >= 4 is 0 Å². The second kappa shape index (κ2) is 9.67. The van der Waals surface area contributed by atoms with Crippen molar-refractivity contribution in [3.8, 4) is 0 Å². The normalized spacial score (nSPS) is 11.2. The Balaban J connectivity index is 0.000000240. The minimum absolute atomic E-state index is 0.642. The van der Waals surface area contributed by atoms with E-state index >= 15 is 0 Å². The second-order valence-electron chi connectivity index (χ2n) is 7.92. The van der Waals surface area contributed by atoms with E-state index in [9.17, 15) is 0 Å². The number of hydrogen-bond donors (Lipinski definition) is 0. The van der Waals surface area contributed by atoms with Crippen molar-refractivity contribution < 1.29 is 0 Å². The molecule has 2 rings (SSSR count). The third kappa shape index (κ3) is 6.15. The Morgan fingerprint density at radius 3 is 1.12 bits per heavy atom. The van der Waals surface area contributed by atoms with Crippen LogP contribution in [0.1, 0.15) is 101 Å². The van der Waals surface area contributed by atoms with Gasteiger partial charge in [-0.05, 0) is 45.9 Å². The maximum atomic E-state index is 2.31. The van der Waals surface area contributed by atoms with Gasteiger partial charge in [0.25, 0.3) is 0 Å². The molecule has 0 aliphatic heterocycles. The van der Waals surface area contributed by atoms with E-state index in [1.165, 1.54) is 22.3 Å². The molecule has 0 bridgehead atoms. The second-order valence-corrected chi connectivity index (χ2v) is 7.92. The fourth-order valence-electron chi connectivity index (χ4n) is 2.84. The molecule has 0 unspecified atom stereocenters. The molecule has 0 saturated heterocycles. The highest BCUT2D eigenvalue weighted by atomic mass is 14.1. The molecule has 0 saturated carbocycles. The van der Waals surface area contributed by atoms with Crippen molar-refractivity contribution in [3.63, 3.8) is 0 Å². The van der Waals surface area contributed by atoms with Crippen LogP contribution in [0.5, 0.6) is 0 Å². The fourth-order valence-corrected chi connectivity index (χ4v) is 2.84. The molecule has 0 spiro atoms. The van der Waals surface area contributed by atoms with Crippen molar-refractivity contribution in [2.24, 2.45) is 0 Å². The van der Waals surface area contributed by atoms with Crippen LogP contribution >= 0.6 is 0 Å². The van der Waals surface area contributed by atoms with Crippen molar-refractivity contribution in [3.05, 3.63) is 70.8 Å². The third-order valence-corrected chi connectivity index (χ3v) is 4.48. The zero-order chi connectivity index (χ0) is 18.3. The lowest BCUT2D eigenvalue weighted by atomic mass is 9.91. The summed E-state index contributed by atoms with van der Waals surface area (Å²) in [5, 5.41) is 0. The van der Waals surface area contributed by atoms with Gasteiger partial charge < -0.3 is 0 Å². The summed E-state index contributed by atoms with van der Waals surface area (Å²) in [7, 11) is 0. The Morgan fingerprint density at radius 2 is 0.833 bits per heavy atom. The van der Waals surface area contributed by atoms with Crippen molar-refractivity contribution in [2.75, 3.05) is 0 Å². The van der Waals surface area contributed by atoms with E-state index in [4.69, 9.17) is 0 Å². The summed E-state index contributed by atoms with van der Waals surface area (Å²) in [5.41, 5.74) is 5.88. The van der Waals surface area contributed by atoms with Crippen molar-refractivity contribution in [2.45, 2.75) is 79.1 Å². The van der Waals surface area contributed by atoms with Crippen LogP contribution in [0.3, 0.4) is 0 Å². The summed E-state index contributed by atoms with van der Waals surface area (Å²) in [5.74, 6) is 2.57. The first-order chi connectivity index (χ1) is 11.2. The molecule has 0 fully saturated rings. The van der Waals surface area contributed by atoms with Crippen LogP contribution in [0.15, 0.2) is 48.5 Å². The molecule has 132 valence electrons. The third-order valence-electron chi connectivity index (χ3n) is 4.48. The summed E-state index contributed by atoms with van der Waals surface area (Å²) >= 11 is 0. The Hall–Kier alpha value is -1.56. The number of benzene rings is 2. The van der Waals surface area contributed by atoms with Crippen LogP contribution < -0.4 is 0 Å². The molecule has 0 N–H and O–H groups in total. The molecule has 0 nitrogen and oxygen atoms in total. The molecule has 0 aromatic heterocycles. The van der Waals surface area contributed by atoms with Crippen LogP contribution in [0.4, 0.5) is 0 Å². The lowest BCUT2D eigenvalue weighted by Gasteiger charge is -2.14. The standard InChI is InChI=1S/2C12H18/c1-9(2)11-6-5-7-12(8-11)10(3)4;1-9(2)11-7-5-6-8-12(11)10(3)4/h2*5-10H,1-4H3. The van der Waals surface area contributed by atoms with E-state index < -0.39 is 0 Å². The Kier molecular flexibility index (Phi) is 8.25. The van der Waals surface area contributed by atoms with Gasteiger partial charge in [0.15, 0.2) is 0 Å². The van der Waals surface area contributed by atoms with E-state index in [0.717, 1.165) is 0 Å². The number of hydrogen-bond acceptors (Lipinski definition) is 0. The zero-order valence-corrected chi connectivity index (χ0v) is 16.9. The Morgan fingerprint density at radius 1 is 0.458 bits per heavy atom. The average Bonchev–Trinajstić information content (AvgIpc) is 2.55.